The van der Waals surface area contributed by atoms with Gasteiger partial charge in [-0.2, -0.15) is 0 Å². The molecule has 0 saturated carbocycles. The molecule has 0 aliphatic heterocycles. The smallest absolute Gasteiger partial charge is 0.412 e. The first-order chi connectivity index (χ1) is 10.7. The average molecular weight is 315 g/mol. The van der Waals surface area contributed by atoms with Crippen molar-refractivity contribution in [2.24, 2.45) is 0 Å². The Labute approximate surface area is 137 Å². The van der Waals surface area contributed by atoms with Gasteiger partial charge in [0.25, 0.3) is 0 Å². The van der Waals surface area contributed by atoms with E-state index < -0.39 is 11.7 Å². The number of carbonyl (C=O) groups excluding carboxylic acids is 1. The normalized spacial score (nSPS) is 12.3. The lowest BCUT2D eigenvalue weighted by Gasteiger charge is -2.19. The van der Waals surface area contributed by atoms with E-state index in [-0.39, 0.29) is 0 Å². The van der Waals surface area contributed by atoms with Gasteiger partial charge >= 0.3 is 6.09 Å². The van der Waals surface area contributed by atoms with E-state index in [1.807, 2.05) is 58.0 Å². The van der Waals surface area contributed by atoms with E-state index in [2.05, 4.69) is 19.2 Å². The summed E-state index contributed by atoms with van der Waals surface area (Å²) in [6.45, 7) is 11.8. The molecule has 0 aliphatic carbocycles. The van der Waals surface area contributed by atoms with E-state index >= 15 is 0 Å². The number of benzene rings is 1. The van der Waals surface area contributed by atoms with Crippen LogP contribution in [0, 0.1) is 0 Å². The number of hydrogen-bond donors (Lipinski definition) is 1. The van der Waals surface area contributed by atoms with Gasteiger partial charge in [0.15, 0.2) is 0 Å². The van der Waals surface area contributed by atoms with Crippen molar-refractivity contribution in [1.82, 2.24) is 0 Å². The monoisotopic (exact) mass is 315 g/mol. The summed E-state index contributed by atoms with van der Waals surface area (Å²) in [6.07, 6.45) is 3.46. The van der Waals surface area contributed by atoms with Crippen LogP contribution in [-0.2, 0) is 4.74 Å². The van der Waals surface area contributed by atoms with Crippen LogP contribution >= 0.6 is 0 Å². The Morgan fingerprint density at radius 2 is 2.00 bits per heavy atom. The maximum atomic E-state index is 11.9. The van der Waals surface area contributed by atoms with E-state index in [1.54, 1.807) is 0 Å². The summed E-state index contributed by atoms with van der Waals surface area (Å²) >= 11 is 0. The van der Waals surface area contributed by atoms with Gasteiger partial charge in [0.1, 0.15) is 16.9 Å². The Morgan fingerprint density at radius 3 is 2.57 bits per heavy atom. The van der Waals surface area contributed by atoms with Crippen molar-refractivity contribution in [3.05, 3.63) is 35.6 Å². The Balaban J connectivity index is 2.34. The maximum absolute atomic E-state index is 11.9. The number of allylic oxidation sites excluding steroid dienone is 1. The summed E-state index contributed by atoms with van der Waals surface area (Å²) in [6, 6.07) is 5.68. The molecule has 4 nitrogen and oxygen atoms in total. The van der Waals surface area contributed by atoms with Crippen molar-refractivity contribution in [2.45, 2.75) is 53.1 Å². The topological polar surface area (TPSA) is 51.5 Å². The zero-order chi connectivity index (χ0) is 17.2. The van der Waals surface area contributed by atoms with Crippen LogP contribution in [0.1, 0.15) is 58.8 Å². The summed E-state index contributed by atoms with van der Waals surface area (Å²) in [5.74, 6) is 1.22. The summed E-state index contributed by atoms with van der Waals surface area (Å²) < 4.78 is 11.2. The fraction of sp³-hybridized carbons (Fsp3) is 0.421. The third-order valence-electron chi connectivity index (χ3n) is 3.30. The number of amides is 1. The minimum absolute atomic E-state index is 0.354. The molecule has 0 unspecified atom stereocenters. The molecule has 23 heavy (non-hydrogen) atoms. The highest BCUT2D eigenvalue weighted by Gasteiger charge is 2.18. The van der Waals surface area contributed by atoms with Crippen molar-refractivity contribution >= 4 is 28.8 Å². The van der Waals surface area contributed by atoms with Crippen molar-refractivity contribution in [3.63, 3.8) is 0 Å². The third-order valence-corrected chi connectivity index (χ3v) is 3.30. The highest BCUT2D eigenvalue weighted by molar-refractivity contribution is 5.92. The van der Waals surface area contributed by atoms with Gasteiger partial charge in [-0.05, 0) is 51.8 Å². The number of rotatable bonds is 3. The molecule has 0 fully saturated rings. The molecule has 0 atom stereocenters. The highest BCUT2D eigenvalue weighted by Crippen LogP contribution is 2.34. The minimum atomic E-state index is -0.525. The fourth-order valence-electron chi connectivity index (χ4n) is 2.51. The second-order valence-corrected chi connectivity index (χ2v) is 6.87. The van der Waals surface area contributed by atoms with Gasteiger partial charge in [0.2, 0.25) is 0 Å². The zero-order valence-electron chi connectivity index (χ0n) is 14.7. The van der Waals surface area contributed by atoms with Crippen LogP contribution in [0.2, 0.25) is 0 Å². The SMILES string of the molecule is C/C=C\c1oc2cc(NC(=O)OC(C)(C)C)ccc2c1C(C)C. The quantitative estimate of drug-likeness (QED) is 0.763. The molecule has 0 radical (unpaired) electrons. The summed E-state index contributed by atoms with van der Waals surface area (Å²) in [4.78, 5) is 11.9. The summed E-state index contributed by atoms with van der Waals surface area (Å²) in [5.41, 5.74) is 2.07. The van der Waals surface area contributed by atoms with Crippen molar-refractivity contribution in [3.8, 4) is 0 Å². The second-order valence-electron chi connectivity index (χ2n) is 6.87. The molecular weight excluding hydrogens is 290 g/mol. The number of anilines is 1. The largest absolute Gasteiger partial charge is 0.456 e. The fourth-order valence-corrected chi connectivity index (χ4v) is 2.51. The number of carbonyl (C=O) groups is 1. The third kappa shape index (κ3) is 4.15. The van der Waals surface area contributed by atoms with E-state index in [0.29, 0.717) is 11.6 Å². The van der Waals surface area contributed by atoms with Gasteiger partial charge in [0, 0.05) is 22.7 Å². The molecule has 1 amide bonds. The lowest BCUT2D eigenvalue weighted by molar-refractivity contribution is 0.0636. The number of furan rings is 1. The summed E-state index contributed by atoms with van der Waals surface area (Å²) in [5, 5.41) is 3.81. The highest BCUT2D eigenvalue weighted by atomic mass is 16.6. The average Bonchev–Trinajstić information content (AvgIpc) is 2.73. The van der Waals surface area contributed by atoms with Gasteiger partial charge in [-0.25, -0.2) is 4.79 Å². The van der Waals surface area contributed by atoms with Gasteiger partial charge in [-0.1, -0.05) is 19.9 Å². The van der Waals surface area contributed by atoms with E-state index in [9.17, 15) is 4.79 Å². The van der Waals surface area contributed by atoms with Gasteiger partial charge in [-0.3, -0.25) is 5.32 Å². The first-order valence-corrected chi connectivity index (χ1v) is 7.90. The number of ether oxygens (including phenoxy) is 1. The Kier molecular flexibility index (Phi) is 4.83. The van der Waals surface area contributed by atoms with Crippen LogP contribution < -0.4 is 5.32 Å². The molecule has 1 aromatic heterocycles. The molecule has 0 aliphatic rings. The second kappa shape index (κ2) is 6.49. The standard InChI is InChI=1S/C19H25NO3/c1-7-8-15-17(12(2)3)14-10-9-13(11-16(14)22-15)20-18(21)23-19(4,5)6/h7-12H,1-6H3,(H,20,21)/b8-7-. The van der Waals surface area contributed by atoms with Crippen LogP contribution in [-0.4, -0.2) is 11.7 Å². The van der Waals surface area contributed by atoms with Crippen LogP contribution in [0.3, 0.4) is 0 Å². The minimum Gasteiger partial charge on any atom is -0.456 e. The molecule has 0 spiro atoms. The molecule has 0 bridgehead atoms. The molecule has 1 N–H and O–H groups in total. The molecule has 2 aromatic rings. The first-order valence-electron chi connectivity index (χ1n) is 7.90. The molecule has 1 heterocycles. The lowest BCUT2D eigenvalue weighted by Crippen LogP contribution is -2.27. The van der Waals surface area contributed by atoms with Crippen LogP contribution in [0.5, 0.6) is 0 Å². The van der Waals surface area contributed by atoms with Gasteiger partial charge in [0.05, 0.1) is 0 Å². The van der Waals surface area contributed by atoms with Gasteiger partial charge < -0.3 is 9.15 Å². The van der Waals surface area contributed by atoms with Crippen molar-refractivity contribution in [1.29, 1.82) is 0 Å². The summed E-state index contributed by atoms with van der Waals surface area (Å²) in [7, 11) is 0. The molecular formula is C19H25NO3. The maximum Gasteiger partial charge on any atom is 0.412 e. The van der Waals surface area contributed by atoms with Crippen molar-refractivity contribution in [2.75, 3.05) is 5.32 Å². The number of nitrogens with one attached hydrogen (secondary N) is 1. The van der Waals surface area contributed by atoms with E-state index in [4.69, 9.17) is 9.15 Å². The lowest BCUT2D eigenvalue weighted by atomic mass is 9.99. The Bertz CT molecular complexity index is 733. The molecule has 1 aromatic carbocycles. The van der Waals surface area contributed by atoms with E-state index in [1.165, 1.54) is 5.56 Å². The molecule has 124 valence electrons. The molecule has 2 rings (SSSR count). The number of fused-ring (bicyclic) bond motifs is 1. The number of hydrogen-bond acceptors (Lipinski definition) is 3. The van der Waals surface area contributed by atoms with Crippen molar-refractivity contribution < 1.29 is 13.9 Å². The van der Waals surface area contributed by atoms with Crippen LogP contribution in [0.25, 0.3) is 17.0 Å². The zero-order valence-corrected chi connectivity index (χ0v) is 14.7. The predicted octanol–water partition coefficient (Wildman–Crippen LogP) is 5.94. The molecule has 0 saturated heterocycles. The molecule has 4 heteroatoms. The Morgan fingerprint density at radius 1 is 1.30 bits per heavy atom. The van der Waals surface area contributed by atoms with Crippen LogP contribution in [0.15, 0.2) is 28.7 Å². The van der Waals surface area contributed by atoms with E-state index in [0.717, 1.165) is 16.7 Å². The van der Waals surface area contributed by atoms with Crippen LogP contribution in [0.4, 0.5) is 10.5 Å². The van der Waals surface area contributed by atoms with Gasteiger partial charge in [-0.15, -0.1) is 0 Å². The Hall–Kier alpha value is -2.23. The predicted molar refractivity (Wildman–Crippen MR) is 94.9 cm³/mol. The first kappa shape index (κ1) is 17.1.